The first-order valence-corrected chi connectivity index (χ1v) is 10.4. The van der Waals surface area contributed by atoms with Crippen LogP contribution in [0.1, 0.15) is 25.8 Å². The monoisotopic (exact) mass is 481 g/mol. The summed E-state index contributed by atoms with van der Waals surface area (Å²) in [6.07, 6.45) is -0.548. The number of hydrogen-bond acceptors (Lipinski definition) is 8. The summed E-state index contributed by atoms with van der Waals surface area (Å²) in [5.41, 5.74) is 11.5. The number of aliphatic carboxylic acids is 1. The van der Waals surface area contributed by atoms with Gasteiger partial charge in [0.2, 0.25) is 23.6 Å². The van der Waals surface area contributed by atoms with Gasteiger partial charge in [0, 0.05) is 0 Å². The van der Waals surface area contributed by atoms with Crippen LogP contribution < -0.4 is 27.4 Å². The largest absolute Gasteiger partial charge is 0.508 e. The number of aliphatic hydroxyl groups is 1. The third-order valence-electron chi connectivity index (χ3n) is 4.81. The molecule has 0 spiro atoms. The second kappa shape index (κ2) is 13.1. The third-order valence-corrected chi connectivity index (χ3v) is 4.81. The van der Waals surface area contributed by atoms with E-state index in [0.29, 0.717) is 5.56 Å². The SMILES string of the molecule is CC(C)C(NC(=O)C(CO)NC(=O)C(N)Cc1ccc(O)cc1)C(=O)NC(CC(N)=O)C(=O)O. The number of rotatable bonds is 13. The summed E-state index contributed by atoms with van der Waals surface area (Å²) in [5.74, 6) is -5.41. The molecule has 0 aromatic heterocycles. The first kappa shape index (κ1) is 28.3. The van der Waals surface area contributed by atoms with Gasteiger partial charge in [0.05, 0.1) is 19.1 Å². The van der Waals surface area contributed by atoms with E-state index in [0.717, 1.165) is 0 Å². The molecule has 1 aromatic rings. The van der Waals surface area contributed by atoms with E-state index in [1.807, 2.05) is 0 Å². The molecule has 10 N–H and O–H groups in total. The number of phenols is 1. The lowest BCUT2D eigenvalue weighted by atomic mass is 10.0. The van der Waals surface area contributed by atoms with Crippen molar-refractivity contribution in [3.63, 3.8) is 0 Å². The molecule has 0 radical (unpaired) electrons. The van der Waals surface area contributed by atoms with Crippen molar-refractivity contribution in [2.24, 2.45) is 17.4 Å². The summed E-state index contributed by atoms with van der Waals surface area (Å²) in [5, 5.41) is 34.9. The Labute approximate surface area is 195 Å². The van der Waals surface area contributed by atoms with Crippen molar-refractivity contribution in [3.05, 3.63) is 29.8 Å². The van der Waals surface area contributed by atoms with Crippen molar-refractivity contribution in [1.29, 1.82) is 0 Å². The van der Waals surface area contributed by atoms with E-state index in [2.05, 4.69) is 16.0 Å². The number of carbonyl (C=O) groups is 5. The predicted octanol–water partition coefficient (Wildman–Crippen LogP) is -2.68. The zero-order chi connectivity index (χ0) is 26.0. The van der Waals surface area contributed by atoms with Crippen molar-refractivity contribution < 1.29 is 39.3 Å². The molecule has 4 amide bonds. The Hall–Kier alpha value is -3.71. The van der Waals surface area contributed by atoms with Crippen LogP contribution in [-0.4, -0.2) is 75.7 Å². The van der Waals surface area contributed by atoms with Crippen molar-refractivity contribution in [2.75, 3.05) is 6.61 Å². The molecular weight excluding hydrogens is 450 g/mol. The molecule has 4 atom stereocenters. The molecule has 4 unspecified atom stereocenters. The topological polar surface area (TPSA) is 234 Å². The fraction of sp³-hybridized carbons (Fsp3) is 0.476. The number of carboxylic acid groups (broad SMARTS) is 1. The number of amides is 4. The van der Waals surface area contributed by atoms with Crippen molar-refractivity contribution in [1.82, 2.24) is 16.0 Å². The first-order chi connectivity index (χ1) is 15.8. The van der Waals surface area contributed by atoms with E-state index in [4.69, 9.17) is 16.6 Å². The highest BCUT2D eigenvalue weighted by molar-refractivity contribution is 5.95. The number of nitrogens with two attached hydrogens (primary N) is 2. The van der Waals surface area contributed by atoms with Crippen LogP contribution in [0.2, 0.25) is 0 Å². The number of nitrogens with one attached hydrogen (secondary N) is 3. The maximum Gasteiger partial charge on any atom is 0.326 e. The summed E-state index contributed by atoms with van der Waals surface area (Å²) in [6, 6.07) is 0.682. The molecule has 0 bridgehead atoms. The first-order valence-electron chi connectivity index (χ1n) is 10.4. The Morgan fingerprint density at radius 3 is 1.94 bits per heavy atom. The summed E-state index contributed by atoms with van der Waals surface area (Å²) < 4.78 is 0. The van der Waals surface area contributed by atoms with Crippen molar-refractivity contribution in [3.8, 4) is 5.75 Å². The molecule has 0 fully saturated rings. The van der Waals surface area contributed by atoms with Gasteiger partial charge in [0.15, 0.2) is 0 Å². The van der Waals surface area contributed by atoms with Gasteiger partial charge in [-0.3, -0.25) is 19.2 Å². The molecule has 13 heteroatoms. The van der Waals surface area contributed by atoms with Gasteiger partial charge in [-0.05, 0) is 30.0 Å². The standard InChI is InChI=1S/C21H31N5O8/c1-10(2)17(20(32)24-14(21(33)34)8-16(23)29)26-19(31)15(9-27)25-18(30)13(22)7-11-3-5-12(28)6-4-11/h3-6,10,13-15,17,27-28H,7-9,22H2,1-2H3,(H2,23,29)(H,24,32)(H,25,30)(H,26,31)(H,33,34). The molecule has 34 heavy (non-hydrogen) atoms. The van der Waals surface area contributed by atoms with E-state index in [-0.39, 0.29) is 12.2 Å². The number of primary amides is 1. The zero-order valence-electron chi connectivity index (χ0n) is 18.9. The average Bonchev–Trinajstić information content (AvgIpc) is 2.75. The van der Waals surface area contributed by atoms with Gasteiger partial charge in [-0.15, -0.1) is 0 Å². The third kappa shape index (κ3) is 9.03. The van der Waals surface area contributed by atoms with Gasteiger partial charge in [0.1, 0.15) is 23.9 Å². The number of aliphatic hydroxyl groups excluding tert-OH is 1. The lowest BCUT2D eigenvalue weighted by Gasteiger charge is -2.26. The highest BCUT2D eigenvalue weighted by atomic mass is 16.4. The Balaban J connectivity index is 2.80. The fourth-order valence-corrected chi connectivity index (χ4v) is 2.90. The number of aromatic hydroxyl groups is 1. The molecule has 188 valence electrons. The minimum Gasteiger partial charge on any atom is -0.508 e. The Kier molecular flexibility index (Phi) is 10.9. The van der Waals surface area contributed by atoms with Gasteiger partial charge < -0.3 is 42.7 Å². The van der Waals surface area contributed by atoms with Gasteiger partial charge >= 0.3 is 5.97 Å². The highest BCUT2D eigenvalue weighted by Gasteiger charge is 2.32. The lowest BCUT2D eigenvalue weighted by molar-refractivity contribution is -0.144. The number of benzene rings is 1. The van der Waals surface area contributed by atoms with Crippen LogP contribution in [0.25, 0.3) is 0 Å². The minimum absolute atomic E-state index is 0.0480. The quantitative estimate of drug-likeness (QED) is 0.146. The molecule has 0 aliphatic heterocycles. The van der Waals surface area contributed by atoms with Gasteiger partial charge in [-0.25, -0.2) is 4.79 Å². The second-order valence-corrected chi connectivity index (χ2v) is 8.02. The smallest absolute Gasteiger partial charge is 0.326 e. The molecule has 0 saturated heterocycles. The van der Waals surface area contributed by atoms with E-state index in [1.165, 1.54) is 12.1 Å². The maximum absolute atomic E-state index is 12.6. The van der Waals surface area contributed by atoms with Gasteiger partial charge in [0.25, 0.3) is 0 Å². The summed E-state index contributed by atoms with van der Waals surface area (Å²) in [6.45, 7) is 2.36. The van der Waals surface area contributed by atoms with Crippen LogP contribution in [0.5, 0.6) is 5.75 Å². The summed E-state index contributed by atoms with van der Waals surface area (Å²) in [4.78, 5) is 59.9. The molecule has 1 rings (SSSR count). The Morgan fingerprint density at radius 2 is 1.47 bits per heavy atom. The highest BCUT2D eigenvalue weighted by Crippen LogP contribution is 2.11. The zero-order valence-corrected chi connectivity index (χ0v) is 18.9. The molecule has 0 aliphatic rings. The summed E-state index contributed by atoms with van der Waals surface area (Å²) >= 11 is 0. The Bertz CT molecular complexity index is 890. The van der Waals surface area contributed by atoms with Crippen LogP contribution in [-0.2, 0) is 30.4 Å². The number of hydrogen-bond donors (Lipinski definition) is 8. The molecule has 0 saturated carbocycles. The van der Waals surface area contributed by atoms with Crippen LogP contribution in [0.3, 0.4) is 0 Å². The molecular formula is C21H31N5O8. The maximum atomic E-state index is 12.6. The fourth-order valence-electron chi connectivity index (χ4n) is 2.90. The lowest BCUT2D eigenvalue weighted by Crippen LogP contribution is -2.59. The van der Waals surface area contributed by atoms with Gasteiger partial charge in [-0.1, -0.05) is 26.0 Å². The molecule has 13 nitrogen and oxygen atoms in total. The van der Waals surface area contributed by atoms with E-state index in [9.17, 15) is 34.2 Å². The number of carbonyl (C=O) groups excluding carboxylic acids is 4. The van der Waals surface area contributed by atoms with E-state index in [1.54, 1.807) is 26.0 Å². The predicted molar refractivity (Wildman–Crippen MR) is 119 cm³/mol. The number of carboxylic acids is 1. The molecule has 0 heterocycles. The normalized spacial score (nSPS) is 14.4. The van der Waals surface area contributed by atoms with E-state index < -0.39 is 72.7 Å². The summed E-state index contributed by atoms with van der Waals surface area (Å²) in [7, 11) is 0. The van der Waals surface area contributed by atoms with Crippen LogP contribution in [0, 0.1) is 5.92 Å². The van der Waals surface area contributed by atoms with Crippen molar-refractivity contribution in [2.45, 2.75) is 50.9 Å². The van der Waals surface area contributed by atoms with Gasteiger partial charge in [-0.2, -0.15) is 0 Å². The minimum atomic E-state index is -1.59. The van der Waals surface area contributed by atoms with Crippen LogP contribution in [0.15, 0.2) is 24.3 Å². The Morgan fingerprint density at radius 1 is 0.912 bits per heavy atom. The molecule has 1 aromatic carbocycles. The van der Waals surface area contributed by atoms with Crippen LogP contribution >= 0.6 is 0 Å². The van der Waals surface area contributed by atoms with Crippen LogP contribution in [0.4, 0.5) is 0 Å². The number of phenolic OH excluding ortho intramolecular Hbond substituents is 1. The second-order valence-electron chi connectivity index (χ2n) is 8.02. The molecule has 0 aliphatic carbocycles. The van der Waals surface area contributed by atoms with Crippen molar-refractivity contribution >= 4 is 29.6 Å². The average molecular weight is 482 g/mol. The van der Waals surface area contributed by atoms with E-state index >= 15 is 0 Å².